The lowest BCUT2D eigenvalue weighted by atomic mass is 9.96. The minimum atomic E-state index is -2.50. The Morgan fingerprint density at radius 3 is 2.59 bits per heavy atom. The molecule has 0 unspecified atom stereocenters. The van der Waals surface area contributed by atoms with Gasteiger partial charge in [-0.05, 0) is 11.8 Å². The lowest BCUT2D eigenvalue weighted by molar-refractivity contribution is -0.185. The van der Waals surface area contributed by atoms with Gasteiger partial charge in [-0.2, -0.15) is 0 Å². The van der Waals surface area contributed by atoms with E-state index in [0.717, 1.165) is 16.8 Å². The zero-order chi connectivity index (χ0) is 20.4. The van der Waals surface area contributed by atoms with Gasteiger partial charge in [0.25, 0.3) is 5.56 Å². The molecule has 1 aromatic rings. The van der Waals surface area contributed by atoms with Crippen LogP contribution in [0.1, 0.15) is 40.3 Å². The van der Waals surface area contributed by atoms with E-state index in [1.807, 2.05) is 32.7 Å². The second-order valence-corrected chi connectivity index (χ2v) is 7.29. The van der Waals surface area contributed by atoms with Gasteiger partial charge in [0, 0.05) is 18.7 Å². The molecule has 0 amide bonds. The monoisotopic (exact) mass is 388 g/mol. The summed E-state index contributed by atoms with van der Waals surface area (Å²) in [6, 6.07) is 1.04. The number of nitrogens with zero attached hydrogens (tertiary/aromatic N) is 1. The maximum atomic E-state index is 14.8. The highest BCUT2D eigenvalue weighted by atomic mass is 19.2. The standard InChI is InChI=1S/C17H25FN2O7/c1-9(2)13(10(3)4)26-16(24)25-8-17(18)7-11(21)14(27-17)20-6-5-12(22)19-15(20)23/h5-6,9-11,13-14,21H,7-8H2,1-4H3,(H,19,22,23)/t11-,14-,17+/m1/s1. The van der Waals surface area contributed by atoms with Crippen LogP contribution in [-0.2, 0) is 14.2 Å². The lowest BCUT2D eigenvalue weighted by Gasteiger charge is -2.25. The number of aromatic nitrogens is 2. The number of alkyl halides is 1. The minimum absolute atomic E-state index is 0.0536. The van der Waals surface area contributed by atoms with Crippen molar-refractivity contribution >= 4 is 6.16 Å². The van der Waals surface area contributed by atoms with E-state index in [-0.39, 0.29) is 11.8 Å². The number of aliphatic hydroxyl groups excluding tert-OH is 1. The molecular weight excluding hydrogens is 363 g/mol. The fourth-order valence-corrected chi connectivity index (χ4v) is 3.07. The molecule has 10 heteroatoms. The highest BCUT2D eigenvalue weighted by molar-refractivity contribution is 5.60. The number of hydrogen-bond donors (Lipinski definition) is 2. The molecule has 0 saturated carbocycles. The van der Waals surface area contributed by atoms with Crippen LogP contribution in [0, 0.1) is 11.8 Å². The molecule has 2 rings (SSSR count). The summed E-state index contributed by atoms with van der Waals surface area (Å²) in [5, 5.41) is 10.0. The van der Waals surface area contributed by atoms with Crippen molar-refractivity contribution in [3.63, 3.8) is 0 Å². The highest BCUT2D eigenvalue weighted by Gasteiger charge is 2.49. The lowest BCUT2D eigenvalue weighted by Crippen LogP contribution is -2.36. The Hall–Kier alpha value is -2.20. The molecular formula is C17H25FN2O7. The zero-order valence-corrected chi connectivity index (χ0v) is 15.7. The quantitative estimate of drug-likeness (QED) is 0.705. The molecule has 0 spiro atoms. The third-order valence-corrected chi connectivity index (χ3v) is 4.25. The number of hydrogen-bond acceptors (Lipinski definition) is 7. The fourth-order valence-electron chi connectivity index (χ4n) is 3.07. The molecule has 1 aliphatic heterocycles. The average molecular weight is 388 g/mol. The van der Waals surface area contributed by atoms with Gasteiger partial charge in [0.05, 0.1) is 0 Å². The number of halogens is 1. The first-order chi connectivity index (χ1) is 12.5. The first kappa shape index (κ1) is 21.1. The van der Waals surface area contributed by atoms with Gasteiger partial charge in [0.1, 0.15) is 12.2 Å². The number of rotatable bonds is 6. The van der Waals surface area contributed by atoms with Crippen molar-refractivity contribution in [3.8, 4) is 0 Å². The van der Waals surface area contributed by atoms with E-state index in [4.69, 9.17) is 14.2 Å². The van der Waals surface area contributed by atoms with Crippen LogP contribution in [0.4, 0.5) is 9.18 Å². The third kappa shape index (κ3) is 5.16. The van der Waals surface area contributed by atoms with Crippen molar-refractivity contribution in [2.75, 3.05) is 6.61 Å². The van der Waals surface area contributed by atoms with Crippen molar-refractivity contribution < 1.29 is 28.5 Å². The molecule has 27 heavy (non-hydrogen) atoms. The molecule has 1 saturated heterocycles. The zero-order valence-electron chi connectivity index (χ0n) is 15.7. The van der Waals surface area contributed by atoms with Gasteiger partial charge in [-0.25, -0.2) is 14.0 Å². The predicted octanol–water partition coefficient (Wildman–Crippen LogP) is 1.32. The van der Waals surface area contributed by atoms with Gasteiger partial charge >= 0.3 is 11.8 Å². The Bertz CT molecular complexity index is 767. The average Bonchev–Trinajstić information content (AvgIpc) is 2.85. The molecule has 1 aromatic heterocycles. The molecule has 0 aliphatic carbocycles. The first-order valence-corrected chi connectivity index (χ1v) is 8.72. The number of nitrogens with one attached hydrogen (secondary N) is 1. The van der Waals surface area contributed by atoms with E-state index in [1.165, 1.54) is 0 Å². The summed E-state index contributed by atoms with van der Waals surface area (Å²) in [6.45, 7) is 6.74. The van der Waals surface area contributed by atoms with Crippen LogP contribution in [0.15, 0.2) is 21.9 Å². The van der Waals surface area contributed by atoms with Gasteiger partial charge in [0.15, 0.2) is 12.8 Å². The van der Waals surface area contributed by atoms with Crippen LogP contribution < -0.4 is 11.2 Å². The molecule has 2 heterocycles. The SMILES string of the molecule is CC(C)C(OC(=O)OC[C@]1(F)C[C@@H](O)[C@H](n2ccc(=O)[nH]c2=O)O1)C(C)C. The van der Waals surface area contributed by atoms with Crippen molar-refractivity contribution in [3.05, 3.63) is 33.1 Å². The van der Waals surface area contributed by atoms with Gasteiger partial charge < -0.3 is 19.3 Å². The van der Waals surface area contributed by atoms with Gasteiger partial charge in [-0.15, -0.1) is 0 Å². The van der Waals surface area contributed by atoms with Crippen molar-refractivity contribution in [1.82, 2.24) is 9.55 Å². The fraction of sp³-hybridized carbons (Fsp3) is 0.706. The van der Waals surface area contributed by atoms with E-state index < -0.39 is 54.7 Å². The van der Waals surface area contributed by atoms with E-state index in [2.05, 4.69) is 0 Å². The Labute approximate surface area is 155 Å². The number of aromatic amines is 1. The second-order valence-electron chi connectivity index (χ2n) is 7.29. The van der Waals surface area contributed by atoms with Crippen molar-refractivity contribution in [2.24, 2.45) is 11.8 Å². The van der Waals surface area contributed by atoms with Gasteiger partial charge in [-0.1, -0.05) is 27.7 Å². The van der Waals surface area contributed by atoms with E-state index in [9.17, 15) is 23.9 Å². The molecule has 1 aliphatic rings. The predicted molar refractivity (Wildman–Crippen MR) is 91.8 cm³/mol. The molecule has 3 atom stereocenters. The summed E-state index contributed by atoms with van der Waals surface area (Å²) in [7, 11) is 0. The summed E-state index contributed by atoms with van der Waals surface area (Å²) < 4.78 is 30.8. The number of ether oxygens (including phenoxy) is 3. The molecule has 0 radical (unpaired) electrons. The van der Waals surface area contributed by atoms with E-state index in [0.29, 0.717) is 0 Å². The summed E-state index contributed by atoms with van der Waals surface area (Å²) >= 11 is 0. The largest absolute Gasteiger partial charge is 0.508 e. The van der Waals surface area contributed by atoms with E-state index >= 15 is 0 Å². The Kier molecular flexibility index (Phi) is 6.42. The number of H-pyrrole nitrogens is 1. The smallest absolute Gasteiger partial charge is 0.430 e. The topological polar surface area (TPSA) is 120 Å². The molecule has 1 fully saturated rings. The molecule has 2 N–H and O–H groups in total. The summed E-state index contributed by atoms with van der Waals surface area (Å²) in [6.07, 6.45) is -3.60. The Balaban J connectivity index is 2.00. The summed E-state index contributed by atoms with van der Waals surface area (Å²) in [5.41, 5.74) is -1.49. The van der Waals surface area contributed by atoms with Crippen LogP contribution in [0.25, 0.3) is 0 Å². The van der Waals surface area contributed by atoms with Crippen LogP contribution >= 0.6 is 0 Å². The number of carbonyl (C=O) groups is 1. The molecule has 9 nitrogen and oxygen atoms in total. The van der Waals surface area contributed by atoms with Crippen molar-refractivity contribution in [2.45, 2.75) is 58.4 Å². The number of carbonyl (C=O) groups excluding carboxylic acids is 1. The normalized spacial score (nSPS) is 25.4. The van der Waals surface area contributed by atoms with Crippen molar-refractivity contribution in [1.29, 1.82) is 0 Å². The molecule has 0 bridgehead atoms. The van der Waals surface area contributed by atoms with Crippen LogP contribution in [0.5, 0.6) is 0 Å². The van der Waals surface area contributed by atoms with Crippen LogP contribution in [0.3, 0.4) is 0 Å². The Morgan fingerprint density at radius 1 is 1.41 bits per heavy atom. The summed E-state index contributed by atoms with van der Waals surface area (Å²) in [4.78, 5) is 36.7. The van der Waals surface area contributed by atoms with Crippen LogP contribution in [-0.4, -0.2) is 45.5 Å². The van der Waals surface area contributed by atoms with Gasteiger partial charge in [0.2, 0.25) is 5.85 Å². The summed E-state index contributed by atoms with van der Waals surface area (Å²) in [5.74, 6) is -2.39. The Morgan fingerprint density at radius 2 is 2.04 bits per heavy atom. The first-order valence-electron chi connectivity index (χ1n) is 8.72. The van der Waals surface area contributed by atoms with Gasteiger partial charge in [-0.3, -0.25) is 14.3 Å². The highest BCUT2D eigenvalue weighted by Crippen LogP contribution is 2.37. The minimum Gasteiger partial charge on any atom is -0.430 e. The molecule has 152 valence electrons. The maximum absolute atomic E-state index is 14.8. The van der Waals surface area contributed by atoms with Crippen LogP contribution in [0.2, 0.25) is 0 Å². The molecule has 0 aromatic carbocycles. The third-order valence-electron chi connectivity index (χ3n) is 4.25. The number of aliphatic hydroxyl groups is 1. The maximum Gasteiger partial charge on any atom is 0.508 e. The van der Waals surface area contributed by atoms with E-state index in [1.54, 1.807) is 0 Å². The second kappa shape index (κ2) is 8.22.